The third-order valence-electron chi connectivity index (χ3n) is 5.88. The summed E-state index contributed by atoms with van der Waals surface area (Å²) in [5.41, 5.74) is 2.85. The number of amides is 1. The second-order valence-electron chi connectivity index (χ2n) is 8.53. The van der Waals surface area contributed by atoms with Crippen molar-refractivity contribution in [3.05, 3.63) is 106 Å². The number of methoxy groups -OCH3 is 1. The number of halogens is 1. The van der Waals surface area contributed by atoms with E-state index in [9.17, 15) is 14.9 Å². The van der Waals surface area contributed by atoms with Gasteiger partial charge in [-0.25, -0.2) is 4.68 Å². The van der Waals surface area contributed by atoms with Gasteiger partial charge in [0.05, 0.1) is 12.8 Å². The first-order valence-corrected chi connectivity index (χ1v) is 13.4. The van der Waals surface area contributed by atoms with E-state index in [0.29, 0.717) is 52.9 Å². The number of nitrogens with one attached hydrogen (secondary N) is 2. The summed E-state index contributed by atoms with van der Waals surface area (Å²) in [6.45, 7) is 6.77. The number of hydrogen-bond donors (Lipinski definition) is 2. The number of anilines is 1. The zero-order valence-corrected chi connectivity index (χ0v) is 23.7. The molecule has 0 radical (unpaired) electrons. The first-order chi connectivity index (χ1) is 19.4. The molecule has 0 saturated heterocycles. The molecule has 1 heterocycles. The Kier molecular flexibility index (Phi) is 10.9. The number of ether oxygens (including phenoxy) is 1. The van der Waals surface area contributed by atoms with E-state index in [1.54, 1.807) is 67.8 Å². The Labute approximate surface area is 239 Å². The van der Waals surface area contributed by atoms with Crippen LogP contribution in [0, 0.1) is 18.3 Å². The van der Waals surface area contributed by atoms with Gasteiger partial charge in [-0.3, -0.25) is 9.59 Å². The molecule has 0 atom stereocenters. The van der Waals surface area contributed by atoms with Crippen LogP contribution in [-0.2, 0) is 0 Å². The lowest BCUT2D eigenvalue weighted by atomic mass is 10.0. The van der Waals surface area contributed by atoms with Crippen molar-refractivity contribution in [2.45, 2.75) is 27.2 Å². The van der Waals surface area contributed by atoms with Crippen LogP contribution in [0.2, 0.25) is 5.02 Å². The minimum absolute atomic E-state index is 0.0570. The molecule has 0 unspecified atom stereocenters. The number of hydrogen-bond acceptors (Lipinski definition) is 6. The van der Waals surface area contributed by atoms with Crippen LogP contribution in [0.15, 0.2) is 72.8 Å². The van der Waals surface area contributed by atoms with Crippen LogP contribution >= 0.6 is 11.6 Å². The maximum Gasteiger partial charge on any atom is 0.251 e. The number of ketones is 1. The van der Waals surface area contributed by atoms with Crippen LogP contribution in [0.1, 0.15) is 57.8 Å². The smallest absolute Gasteiger partial charge is 0.251 e. The Morgan fingerprint density at radius 3 is 2.17 bits per heavy atom. The molecule has 9 heteroatoms. The standard InChI is InChI=1S/C29H26ClN5O3.C2H6/c1-19-4-6-20(7-5-19)27(36)26-25(18-31)28(35(34-26)23-12-10-22(30)11-13-23)32-16-3-17-33-29(37)21-8-14-24(38-2)15-9-21;1-2/h4-15,32H,3,16-17H2,1-2H3,(H,33,37);1-2H3. The molecule has 8 nitrogen and oxygen atoms in total. The summed E-state index contributed by atoms with van der Waals surface area (Å²) >= 11 is 6.06. The van der Waals surface area contributed by atoms with E-state index in [0.717, 1.165) is 5.56 Å². The fraction of sp³-hybridized carbons (Fsp3) is 0.226. The number of benzene rings is 3. The number of aryl methyl sites for hydroxylation is 1. The highest BCUT2D eigenvalue weighted by Gasteiger charge is 2.25. The van der Waals surface area contributed by atoms with Gasteiger partial charge in [-0.2, -0.15) is 10.4 Å². The van der Waals surface area contributed by atoms with E-state index >= 15 is 0 Å². The number of carbonyl (C=O) groups excluding carboxylic acids is 2. The van der Waals surface area contributed by atoms with Gasteiger partial charge < -0.3 is 15.4 Å². The van der Waals surface area contributed by atoms with Crippen molar-refractivity contribution in [1.82, 2.24) is 15.1 Å². The van der Waals surface area contributed by atoms with Crippen LogP contribution in [0.25, 0.3) is 5.69 Å². The zero-order chi connectivity index (χ0) is 29.1. The van der Waals surface area contributed by atoms with Crippen molar-refractivity contribution in [3.8, 4) is 17.5 Å². The summed E-state index contributed by atoms with van der Waals surface area (Å²) < 4.78 is 6.65. The lowest BCUT2D eigenvalue weighted by Crippen LogP contribution is -2.26. The molecular formula is C31H32ClN5O3. The fourth-order valence-corrected chi connectivity index (χ4v) is 3.92. The molecule has 0 aliphatic rings. The largest absolute Gasteiger partial charge is 0.497 e. The van der Waals surface area contributed by atoms with Crippen molar-refractivity contribution in [2.24, 2.45) is 0 Å². The summed E-state index contributed by atoms with van der Waals surface area (Å²) in [5.74, 6) is 0.537. The highest BCUT2D eigenvalue weighted by Crippen LogP contribution is 2.26. The average Bonchev–Trinajstić information content (AvgIpc) is 3.36. The number of carbonyl (C=O) groups is 2. The molecule has 0 aliphatic heterocycles. The fourth-order valence-electron chi connectivity index (χ4n) is 3.80. The molecule has 0 aliphatic carbocycles. The number of rotatable bonds is 10. The van der Waals surface area contributed by atoms with Gasteiger partial charge in [0.15, 0.2) is 5.69 Å². The molecule has 1 amide bonds. The lowest BCUT2D eigenvalue weighted by molar-refractivity contribution is 0.0952. The van der Waals surface area contributed by atoms with E-state index in [1.807, 2.05) is 32.9 Å². The molecule has 206 valence electrons. The van der Waals surface area contributed by atoms with Gasteiger partial charge in [-0.1, -0.05) is 55.3 Å². The molecule has 0 fully saturated rings. The Balaban J connectivity index is 0.00000216. The minimum atomic E-state index is -0.343. The average molecular weight is 558 g/mol. The number of nitrogens with zero attached hydrogens (tertiary/aromatic N) is 3. The van der Waals surface area contributed by atoms with Gasteiger partial charge in [0.1, 0.15) is 23.2 Å². The summed E-state index contributed by atoms with van der Waals surface area (Å²) in [6.07, 6.45) is 0.569. The Bertz CT molecular complexity index is 1470. The summed E-state index contributed by atoms with van der Waals surface area (Å²) in [5, 5.41) is 21.2. The van der Waals surface area contributed by atoms with Crippen LogP contribution in [0.4, 0.5) is 5.82 Å². The predicted molar refractivity (Wildman–Crippen MR) is 158 cm³/mol. The normalized spacial score (nSPS) is 10.1. The maximum atomic E-state index is 13.3. The molecule has 3 aromatic carbocycles. The van der Waals surface area contributed by atoms with Crippen molar-refractivity contribution in [2.75, 3.05) is 25.5 Å². The van der Waals surface area contributed by atoms with Gasteiger partial charge in [0.25, 0.3) is 5.91 Å². The lowest BCUT2D eigenvalue weighted by Gasteiger charge is -2.11. The first kappa shape index (κ1) is 29.9. The van der Waals surface area contributed by atoms with E-state index < -0.39 is 0 Å². The third-order valence-corrected chi connectivity index (χ3v) is 6.13. The Hall–Kier alpha value is -4.61. The number of nitriles is 1. The van der Waals surface area contributed by atoms with Crippen molar-refractivity contribution >= 4 is 29.1 Å². The van der Waals surface area contributed by atoms with Gasteiger partial charge in [-0.15, -0.1) is 0 Å². The third kappa shape index (κ3) is 7.28. The maximum absolute atomic E-state index is 13.3. The van der Waals surface area contributed by atoms with Crippen molar-refractivity contribution < 1.29 is 14.3 Å². The van der Waals surface area contributed by atoms with Gasteiger partial charge in [0, 0.05) is 29.2 Å². The first-order valence-electron chi connectivity index (χ1n) is 13.0. The van der Waals surface area contributed by atoms with Crippen LogP contribution in [0.3, 0.4) is 0 Å². The second kappa shape index (κ2) is 14.5. The zero-order valence-electron chi connectivity index (χ0n) is 23.0. The predicted octanol–water partition coefficient (Wildman–Crippen LogP) is 6.20. The topological polar surface area (TPSA) is 109 Å². The van der Waals surface area contributed by atoms with Gasteiger partial charge in [0.2, 0.25) is 5.78 Å². The molecule has 0 spiro atoms. The Morgan fingerprint density at radius 2 is 1.57 bits per heavy atom. The molecule has 2 N–H and O–H groups in total. The molecule has 0 saturated carbocycles. The van der Waals surface area contributed by atoms with E-state index in [2.05, 4.69) is 21.8 Å². The monoisotopic (exact) mass is 557 g/mol. The molecule has 0 bridgehead atoms. The minimum Gasteiger partial charge on any atom is -0.497 e. The van der Waals surface area contributed by atoms with Gasteiger partial charge in [-0.05, 0) is 61.9 Å². The number of aromatic nitrogens is 2. The Morgan fingerprint density at radius 1 is 0.950 bits per heavy atom. The van der Waals surface area contributed by atoms with E-state index in [4.69, 9.17) is 16.3 Å². The summed E-state index contributed by atoms with van der Waals surface area (Å²) in [4.78, 5) is 25.7. The van der Waals surface area contributed by atoms with Crippen LogP contribution in [0.5, 0.6) is 5.75 Å². The quantitative estimate of drug-likeness (QED) is 0.177. The molecule has 40 heavy (non-hydrogen) atoms. The molecule has 4 aromatic rings. The van der Waals surface area contributed by atoms with E-state index in [1.165, 1.54) is 4.68 Å². The molecule has 4 rings (SSSR count). The SMILES string of the molecule is CC.COc1ccc(C(=O)NCCCNc2c(C#N)c(C(=O)c3ccc(C)cc3)nn2-c2ccc(Cl)cc2)cc1. The van der Waals surface area contributed by atoms with E-state index in [-0.39, 0.29) is 22.9 Å². The highest BCUT2D eigenvalue weighted by molar-refractivity contribution is 6.30. The highest BCUT2D eigenvalue weighted by atomic mass is 35.5. The summed E-state index contributed by atoms with van der Waals surface area (Å²) in [6, 6.07) is 23.1. The summed E-state index contributed by atoms with van der Waals surface area (Å²) in [7, 11) is 1.57. The molecular weight excluding hydrogens is 526 g/mol. The second-order valence-corrected chi connectivity index (χ2v) is 8.97. The molecule has 1 aromatic heterocycles. The van der Waals surface area contributed by atoms with Gasteiger partial charge >= 0.3 is 0 Å². The van der Waals surface area contributed by atoms with Crippen molar-refractivity contribution in [3.63, 3.8) is 0 Å². The van der Waals surface area contributed by atoms with Crippen LogP contribution in [-0.4, -0.2) is 41.7 Å². The van der Waals surface area contributed by atoms with Crippen LogP contribution < -0.4 is 15.4 Å². The van der Waals surface area contributed by atoms with Crippen molar-refractivity contribution in [1.29, 1.82) is 5.26 Å².